The highest BCUT2D eigenvalue weighted by atomic mass is 35.6. The lowest BCUT2D eigenvalue weighted by molar-refractivity contribution is -0.236. The molecule has 4 amide bonds. The molecule has 0 saturated carbocycles. The summed E-state index contributed by atoms with van der Waals surface area (Å²) in [7, 11) is 0. The van der Waals surface area contributed by atoms with Crippen LogP contribution >= 0.6 is 34.8 Å². The lowest BCUT2D eigenvalue weighted by Crippen LogP contribution is -2.69. The van der Waals surface area contributed by atoms with Gasteiger partial charge >= 0.3 is 18.2 Å². The standard InChI is InChI=1S/C51H61Cl3N4O12/c1-33(2)41(47(61)70-50(3,4)5)57-45(60)38(55-48(62)67-30-37-24-16-9-17-25-37)26-40(59)56-46-42(58-49(63)68-32-51(52,53)54)44(66-29-36-22-14-8-15-23-36)43(65-28-35-20-12-7-13-21-35)39(69-46)31-64-27-34-18-10-6-11-19-34/h6-25,33,38-39,41-44,46H,26-32H2,1-5H3,(H,55,62)(H,56,59)(H,57,60)(H,58,63)/t38-,39+,41-,42+,43+,44+,46+/m0/s1. The van der Waals surface area contributed by atoms with E-state index in [4.69, 9.17) is 68.0 Å². The van der Waals surface area contributed by atoms with E-state index in [1.54, 1.807) is 65.0 Å². The maximum Gasteiger partial charge on any atom is 0.408 e. The minimum atomic E-state index is -1.97. The smallest absolute Gasteiger partial charge is 0.408 e. The van der Waals surface area contributed by atoms with Gasteiger partial charge in [-0.15, -0.1) is 0 Å². The van der Waals surface area contributed by atoms with Crippen molar-refractivity contribution in [1.82, 2.24) is 21.3 Å². The number of nitrogens with one attached hydrogen (secondary N) is 4. The molecule has 1 heterocycles. The van der Waals surface area contributed by atoms with Crippen LogP contribution in [0.25, 0.3) is 0 Å². The van der Waals surface area contributed by atoms with Crippen LogP contribution in [0.15, 0.2) is 121 Å². The van der Waals surface area contributed by atoms with E-state index in [0.29, 0.717) is 5.56 Å². The summed E-state index contributed by atoms with van der Waals surface area (Å²) >= 11 is 17.8. The van der Waals surface area contributed by atoms with Crippen LogP contribution in [0.5, 0.6) is 0 Å². The molecule has 4 N–H and O–H groups in total. The quantitative estimate of drug-likeness (QED) is 0.0339. The summed E-state index contributed by atoms with van der Waals surface area (Å²) in [6.45, 7) is 7.88. The summed E-state index contributed by atoms with van der Waals surface area (Å²) in [6.07, 6.45) is -7.31. The fraction of sp³-hybridized carbons (Fsp3) is 0.431. The normalized spacial score (nSPS) is 19.0. The Morgan fingerprint density at radius 2 is 1.13 bits per heavy atom. The monoisotopic (exact) mass is 1030 g/mol. The SMILES string of the molecule is CC(C)[C@H](NC(=O)[C@H](CC(=O)N[C@@H]1O[C@H](COCc2ccccc2)[C@@H](OCc2ccccc2)[C@H](OCc2ccccc2)[C@H]1NC(=O)OCC(Cl)(Cl)Cl)NC(=O)OCc1ccccc1)C(=O)OC(C)(C)C. The predicted molar refractivity (Wildman–Crippen MR) is 262 cm³/mol. The van der Waals surface area contributed by atoms with E-state index in [1.165, 1.54) is 0 Å². The number of hydrogen-bond donors (Lipinski definition) is 4. The molecular formula is C51H61Cl3N4O12. The summed E-state index contributed by atoms with van der Waals surface area (Å²) in [5, 5.41) is 10.7. The Morgan fingerprint density at radius 1 is 0.629 bits per heavy atom. The molecule has 5 rings (SSSR count). The van der Waals surface area contributed by atoms with Gasteiger partial charge in [-0.3, -0.25) is 9.59 Å². The van der Waals surface area contributed by atoms with Crippen LogP contribution in [-0.2, 0) is 74.0 Å². The van der Waals surface area contributed by atoms with E-state index in [9.17, 15) is 24.0 Å². The third kappa shape index (κ3) is 19.4. The maximum atomic E-state index is 14.4. The van der Waals surface area contributed by atoms with Crippen molar-refractivity contribution in [3.63, 3.8) is 0 Å². The molecule has 19 heteroatoms. The predicted octanol–water partition coefficient (Wildman–Crippen LogP) is 7.85. The average Bonchev–Trinajstić information content (AvgIpc) is 3.31. The Labute approximate surface area is 423 Å². The number of esters is 1. The fourth-order valence-corrected chi connectivity index (χ4v) is 7.28. The molecule has 1 saturated heterocycles. The number of alkyl halides is 3. The highest BCUT2D eigenvalue weighted by Gasteiger charge is 2.49. The van der Waals surface area contributed by atoms with Gasteiger partial charge in [0.25, 0.3) is 0 Å². The summed E-state index contributed by atoms with van der Waals surface area (Å²) in [5.74, 6) is -2.92. The Kier molecular flexibility index (Phi) is 21.6. The van der Waals surface area contributed by atoms with Crippen LogP contribution < -0.4 is 21.3 Å². The van der Waals surface area contributed by atoms with E-state index >= 15 is 0 Å². The molecule has 1 aliphatic rings. The minimum Gasteiger partial charge on any atom is -0.458 e. The van der Waals surface area contributed by atoms with E-state index in [1.807, 2.05) is 91.0 Å². The molecule has 0 aliphatic carbocycles. The first-order valence-electron chi connectivity index (χ1n) is 22.7. The van der Waals surface area contributed by atoms with Crippen molar-refractivity contribution in [2.24, 2.45) is 5.92 Å². The van der Waals surface area contributed by atoms with E-state index in [-0.39, 0.29) is 33.0 Å². The number of alkyl carbamates (subject to hydrolysis) is 2. The highest BCUT2D eigenvalue weighted by molar-refractivity contribution is 6.67. The zero-order valence-electron chi connectivity index (χ0n) is 39.6. The second-order valence-electron chi connectivity index (χ2n) is 17.8. The number of ether oxygens (including phenoxy) is 7. The van der Waals surface area contributed by atoms with Gasteiger partial charge < -0.3 is 54.4 Å². The Balaban J connectivity index is 1.49. The largest absolute Gasteiger partial charge is 0.458 e. The van der Waals surface area contributed by atoms with Crippen molar-refractivity contribution in [1.29, 1.82) is 0 Å². The number of carbonyl (C=O) groups is 5. The molecule has 0 unspecified atom stereocenters. The van der Waals surface area contributed by atoms with Gasteiger partial charge in [0.05, 0.1) is 32.8 Å². The summed E-state index contributed by atoms with van der Waals surface area (Å²) in [5.41, 5.74) is 2.25. The molecule has 0 spiro atoms. The van der Waals surface area contributed by atoms with Crippen molar-refractivity contribution < 1.29 is 57.1 Å². The number of rotatable bonds is 22. The molecule has 4 aromatic rings. The third-order valence-electron chi connectivity index (χ3n) is 10.4. The second kappa shape index (κ2) is 27.2. The van der Waals surface area contributed by atoms with Crippen molar-refractivity contribution in [2.75, 3.05) is 13.2 Å². The molecular weight excluding hydrogens is 967 g/mol. The fourth-order valence-electron chi connectivity index (χ4n) is 7.12. The summed E-state index contributed by atoms with van der Waals surface area (Å²) in [6, 6.07) is 32.8. The zero-order valence-corrected chi connectivity index (χ0v) is 41.9. The van der Waals surface area contributed by atoms with Crippen molar-refractivity contribution in [3.05, 3.63) is 144 Å². The molecule has 0 aromatic heterocycles. The summed E-state index contributed by atoms with van der Waals surface area (Å²) in [4.78, 5) is 68.9. The van der Waals surface area contributed by atoms with E-state index in [2.05, 4.69) is 21.3 Å². The number of hydrogen-bond acceptors (Lipinski definition) is 12. The Hall–Kier alpha value is -5.46. The van der Waals surface area contributed by atoms with E-state index < -0.39 is 101 Å². The lowest BCUT2D eigenvalue weighted by atomic mass is 9.94. The number of carbonyl (C=O) groups excluding carboxylic acids is 5. The Bertz CT molecular complexity index is 2250. The van der Waals surface area contributed by atoms with Crippen LogP contribution in [-0.4, -0.2) is 95.2 Å². The highest BCUT2D eigenvalue weighted by Crippen LogP contribution is 2.30. The van der Waals surface area contributed by atoms with Gasteiger partial charge in [0, 0.05) is 0 Å². The molecule has 0 bridgehead atoms. The lowest BCUT2D eigenvalue weighted by Gasteiger charge is -2.46. The molecule has 7 atom stereocenters. The molecule has 16 nitrogen and oxygen atoms in total. The third-order valence-corrected chi connectivity index (χ3v) is 10.8. The molecule has 378 valence electrons. The van der Waals surface area contributed by atoms with Gasteiger partial charge in [-0.1, -0.05) is 170 Å². The average molecular weight is 1030 g/mol. The molecule has 1 fully saturated rings. The number of halogens is 3. The van der Waals surface area contributed by atoms with Crippen molar-refractivity contribution in [3.8, 4) is 0 Å². The second-order valence-corrected chi connectivity index (χ2v) is 20.3. The van der Waals surface area contributed by atoms with Crippen LogP contribution in [0.1, 0.15) is 63.3 Å². The zero-order chi connectivity index (χ0) is 50.7. The minimum absolute atomic E-state index is 0.0161. The van der Waals surface area contributed by atoms with Gasteiger partial charge in [-0.05, 0) is 48.9 Å². The Morgan fingerprint density at radius 3 is 1.63 bits per heavy atom. The first-order chi connectivity index (χ1) is 33.3. The van der Waals surface area contributed by atoms with Gasteiger partial charge in [0.2, 0.25) is 15.6 Å². The van der Waals surface area contributed by atoms with Crippen LogP contribution in [0.2, 0.25) is 0 Å². The van der Waals surface area contributed by atoms with Gasteiger partial charge in [0.15, 0.2) is 6.23 Å². The van der Waals surface area contributed by atoms with Gasteiger partial charge in [-0.25, -0.2) is 14.4 Å². The molecule has 4 aromatic carbocycles. The van der Waals surface area contributed by atoms with Gasteiger partial charge in [0.1, 0.15) is 55.3 Å². The molecule has 70 heavy (non-hydrogen) atoms. The number of benzene rings is 4. The van der Waals surface area contributed by atoms with Crippen molar-refractivity contribution >= 4 is 64.8 Å². The van der Waals surface area contributed by atoms with E-state index in [0.717, 1.165) is 16.7 Å². The first-order valence-corrected chi connectivity index (χ1v) is 23.8. The van der Waals surface area contributed by atoms with Crippen LogP contribution in [0.4, 0.5) is 9.59 Å². The molecule has 0 radical (unpaired) electrons. The van der Waals surface area contributed by atoms with Crippen molar-refractivity contribution in [2.45, 2.75) is 120 Å². The topological polar surface area (TPSA) is 198 Å². The maximum absolute atomic E-state index is 14.4. The molecule has 1 aliphatic heterocycles. The first kappa shape index (κ1) is 55.5. The van der Waals surface area contributed by atoms with Gasteiger partial charge in [-0.2, -0.15) is 0 Å². The van der Waals surface area contributed by atoms with Crippen LogP contribution in [0.3, 0.4) is 0 Å². The number of amides is 4. The summed E-state index contributed by atoms with van der Waals surface area (Å²) < 4.78 is 40.5. The van der Waals surface area contributed by atoms with Crippen LogP contribution in [0, 0.1) is 5.92 Å².